The summed E-state index contributed by atoms with van der Waals surface area (Å²) in [6, 6.07) is 12.1. The molecule has 4 aromatic rings. The van der Waals surface area contributed by atoms with Gasteiger partial charge in [0.15, 0.2) is 5.82 Å². The molecule has 0 radical (unpaired) electrons. The number of benzene rings is 1. The highest BCUT2D eigenvalue weighted by molar-refractivity contribution is 5.60. The Morgan fingerprint density at radius 3 is 2.39 bits per heavy atom. The summed E-state index contributed by atoms with van der Waals surface area (Å²) in [5.74, 6) is 0.657. The first-order valence-electron chi connectivity index (χ1n) is 10.8. The number of nitrogens with one attached hydrogen (secondary N) is 1. The predicted octanol–water partition coefficient (Wildman–Crippen LogP) is 4.78. The molecule has 1 aromatic carbocycles. The van der Waals surface area contributed by atoms with E-state index < -0.39 is 0 Å². The fraction of sp³-hybridized carbons (Fsp3) is 0.280. The number of halogens is 1. The standard InChI is InChI=1S/C25H27FN6O/c1-15(2)24(18-5-7-19(26)8-6-18)29-25-16(3)11-21(30-31-25)20-9-10-23(22(13-33)28-20)32-12-17(4)27-14-32/h5-12,14-15,24,33H,13H2,1-4H3,(H,29,31)/t24-/m0/s1. The molecule has 0 saturated heterocycles. The number of aliphatic hydroxyl groups excluding tert-OH is 1. The van der Waals surface area contributed by atoms with E-state index in [0.29, 0.717) is 22.9 Å². The summed E-state index contributed by atoms with van der Waals surface area (Å²) in [4.78, 5) is 8.84. The van der Waals surface area contributed by atoms with E-state index in [2.05, 4.69) is 39.3 Å². The second kappa shape index (κ2) is 9.46. The second-order valence-electron chi connectivity index (χ2n) is 8.42. The molecule has 0 aliphatic heterocycles. The van der Waals surface area contributed by atoms with Gasteiger partial charge in [-0.3, -0.25) is 0 Å². The number of aromatic nitrogens is 5. The molecule has 3 aromatic heterocycles. The average Bonchev–Trinajstić information content (AvgIpc) is 3.24. The maximum absolute atomic E-state index is 13.4. The van der Waals surface area contributed by atoms with Crippen LogP contribution >= 0.6 is 0 Å². The molecule has 0 aliphatic rings. The topological polar surface area (TPSA) is 88.8 Å². The molecule has 0 saturated carbocycles. The molecule has 33 heavy (non-hydrogen) atoms. The van der Waals surface area contributed by atoms with E-state index >= 15 is 0 Å². The summed E-state index contributed by atoms with van der Waals surface area (Å²) in [6.45, 7) is 7.85. The summed E-state index contributed by atoms with van der Waals surface area (Å²) >= 11 is 0. The molecule has 0 aliphatic carbocycles. The van der Waals surface area contributed by atoms with Gasteiger partial charge in [-0.05, 0) is 61.2 Å². The van der Waals surface area contributed by atoms with Crippen molar-refractivity contribution in [3.8, 4) is 17.1 Å². The molecule has 0 fully saturated rings. The quantitative estimate of drug-likeness (QED) is 0.425. The van der Waals surface area contributed by atoms with Gasteiger partial charge < -0.3 is 15.0 Å². The van der Waals surface area contributed by atoms with Gasteiger partial charge in [0.05, 0.1) is 41.7 Å². The Morgan fingerprint density at radius 1 is 1.03 bits per heavy atom. The van der Waals surface area contributed by atoms with Gasteiger partial charge in [-0.15, -0.1) is 10.2 Å². The summed E-state index contributed by atoms with van der Waals surface area (Å²) in [7, 11) is 0. The highest BCUT2D eigenvalue weighted by Crippen LogP contribution is 2.28. The van der Waals surface area contributed by atoms with E-state index in [9.17, 15) is 9.50 Å². The number of pyridine rings is 1. The number of hydrogen-bond acceptors (Lipinski definition) is 6. The molecule has 3 heterocycles. The van der Waals surface area contributed by atoms with Gasteiger partial charge in [0.1, 0.15) is 11.5 Å². The van der Waals surface area contributed by atoms with E-state index in [1.165, 1.54) is 12.1 Å². The fourth-order valence-electron chi connectivity index (χ4n) is 3.75. The van der Waals surface area contributed by atoms with Crippen LogP contribution in [0.15, 0.2) is 55.0 Å². The Morgan fingerprint density at radius 2 is 1.79 bits per heavy atom. The van der Waals surface area contributed by atoms with E-state index in [0.717, 1.165) is 22.5 Å². The SMILES string of the molecule is Cc1cn(-c2ccc(-c3cc(C)c(N[C@H](c4ccc(F)cc4)C(C)C)nn3)nc2CO)cn1. The predicted molar refractivity (Wildman–Crippen MR) is 125 cm³/mol. The van der Waals surface area contributed by atoms with E-state index in [-0.39, 0.29) is 24.4 Å². The van der Waals surface area contributed by atoms with Crippen molar-refractivity contribution in [3.63, 3.8) is 0 Å². The van der Waals surface area contributed by atoms with Crippen LogP contribution < -0.4 is 5.32 Å². The van der Waals surface area contributed by atoms with Gasteiger partial charge >= 0.3 is 0 Å². The number of imidazole rings is 1. The minimum atomic E-state index is -0.259. The maximum atomic E-state index is 13.4. The number of anilines is 1. The van der Waals surface area contributed by atoms with Crippen molar-refractivity contribution in [2.45, 2.75) is 40.3 Å². The lowest BCUT2D eigenvalue weighted by Crippen LogP contribution is -2.18. The molecule has 8 heteroatoms. The molecular weight excluding hydrogens is 419 g/mol. The van der Waals surface area contributed by atoms with Crippen molar-refractivity contribution < 1.29 is 9.50 Å². The number of hydrogen-bond donors (Lipinski definition) is 2. The van der Waals surface area contributed by atoms with Crippen molar-refractivity contribution in [2.24, 2.45) is 5.92 Å². The third-order valence-corrected chi connectivity index (χ3v) is 5.52. The molecule has 0 amide bonds. The number of aliphatic hydroxyl groups is 1. The lowest BCUT2D eigenvalue weighted by molar-refractivity contribution is 0.276. The van der Waals surface area contributed by atoms with Gasteiger partial charge in [-0.1, -0.05) is 26.0 Å². The molecule has 0 spiro atoms. The van der Waals surface area contributed by atoms with Gasteiger partial charge in [0.2, 0.25) is 0 Å². The third-order valence-electron chi connectivity index (χ3n) is 5.52. The monoisotopic (exact) mass is 446 g/mol. The van der Waals surface area contributed by atoms with Crippen LogP contribution in [-0.2, 0) is 6.61 Å². The van der Waals surface area contributed by atoms with Crippen LogP contribution in [-0.4, -0.2) is 29.8 Å². The Balaban J connectivity index is 1.61. The van der Waals surface area contributed by atoms with E-state index in [1.54, 1.807) is 18.5 Å². The maximum Gasteiger partial charge on any atom is 0.152 e. The first-order valence-corrected chi connectivity index (χ1v) is 10.8. The smallest absolute Gasteiger partial charge is 0.152 e. The van der Waals surface area contributed by atoms with Crippen LogP contribution in [0.4, 0.5) is 10.2 Å². The lowest BCUT2D eigenvalue weighted by Gasteiger charge is -2.24. The zero-order valence-electron chi connectivity index (χ0n) is 19.1. The minimum Gasteiger partial charge on any atom is -0.390 e. The molecule has 2 N–H and O–H groups in total. The Hall–Kier alpha value is -3.65. The minimum absolute atomic E-state index is 0.0403. The second-order valence-corrected chi connectivity index (χ2v) is 8.42. The van der Waals surface area contributed by atoms with Crippen LogP contribution in [0.1, 0.15) is 42.4 Å². The summed E-state index contributed by atoms with van der Waals surface area (Å²) < 4.78 is 15.2. The average molecular weight is 447 g/mol. The zero-order valence-corrected chi connectivity index (χ0v) is 19.1. The molecule has 0 bridgehead atoms. The van der Waals surface area contributed by atoms with Crippen LogP contribution in [0.3, 0.4) is 0 Å². The van der Waals surface area contributed by atoms with Crippen molar-refractivity contribution in [2.75, 3.05) is 5.32 Å². The highest BCUT2D eigenvalue weighted by Gasteiger charge is 2.18. The fourth-order valence-corrected chi connectivity index (χ4v) is 3.75. The third kappa shape index (κ3) is 4.90. The van der Waals surface area contributed by atoms with Gasteiger partial charge in [-0.25, -0.2) is 14.4 Å². The van der Waals surface area contributed by atoms with Gasteiger partial charge in [-0.2, -0.15) is 0 Å². The Bertz CT molecular complexity index is 1250. The molecule has 4 rings (SSSR count). The Kier molecular flexibility index (Phi) is 6.46. The van der Waals surface area contributed by atoms with Crippen LogP contribution in [0.2, 0.25) is 0 Å². The zero-order chi connectivity index (χ0) is 23.5. The molecule has 7 nitrogen and oxygen atoms in total. The van der Waals surface area contributed by atoms with Crippen LogP contribution in [0, 0.1) is 25.6 Å². The van der Waals surface area contributed by atoms with Crippen molar-refractivity contribution in [1.29, 1.82) is 0 Å². The molecule has 0 unspecified atom stereocenters. The lowest BCUT2D eigenvalue weighted by atomic mass is 9.96. The van der Waals surface area contributed by atoms with Crippen LogP contribution in [0.25, 0.3) is 17.1 Å². The van der Waals surface area contributed by atoms with Gasteiger partial charge in [0.25, 0.3) is 0 Å². The first-order chi connectivity index (χ1) is 15.9. The summed E-state index contributed by atoms with van der Waals surface area (Å²) in [6.07, 6.45) is 3.58. The van der Waals surface area contributed by atoms with E-state index in [1.807, 2.05) is 42.8 Å². The molecule has 1 atom stereocenters. The molecular formula is C25H27FN6O. The summed E-state index contributed by atoms with van der Waals surface area (Å²) in [5.41, 5.74) is 5.31. The van der Waals surface area contributed by atoms with Gasteiger partial charge in [0, 0.05) is 6.20 Å². The number of aryl methyl sites for hydroxylation is 2. The van der Waals surface area contributed by atoms with E-state index in [4.69, 9.17) is 0 Å². The van der Waals surface area contributed by atoms with Crippen molar-refractivity contribution >= 4 is 5.82 Å². The normalized spacial score (nSPS) is 12.2. The Labute approximate surface area is 192 Å². The molecule has 170 valence electrons. The van der Waals surface area contributed by atoms with Crippen molar-refractivity contribution in [3.05, 3.63) is 83.3 Å². The number of nitrogens with zero attached hydrogens (tertiary/aromatic N) is 5. The largest absolute Gasteiger partial charge is 0.390 e. The summed E-state index contributed by atoms with van der Waals surface area (Å²) in [5, 5.41) is 22.1. The first kappa shape index (κ1) is 22.5. The van der Waals surface area contributed by atoms with Crippen LogP contribution in [0.5, 0.6) is 0 Å². The van der Waals surface area contributed by atoms with Crippen molar-refractivity contribution in [1.82, 2.24) is 24.7 Å². The highest BCUT2D eigenvalue weighted by atomic mass is 19.1. The number of rotatable bonds is 7.